The van der Waals surface area contributed by atoms with Crippen molar-refractivity contribution in [2.45, 2.75) is 6.42 Å². The molecule has 28 heavy (non-hydrogen) atoms. The molecule has 0 bridgehead atoms. The van der Waals surface area contributed by atoms with Crippen molar-refractivity contribution < 1.29 is 29.0 Å². The van der Waals surface area contributed by atoms with Crippen molar-refractivity contribution in [2.75, 3.05) is 14.2 Å². The number of carbonyl (C=O) groups excluding carboxylic acids is 3. The summed E-state index contributed by atoms with van der Waals surface area (Å²) in [5.41, 5.74) is 0.842. The van der Waals surface area contributed by atoms with Crippen LogP contribution in [0.3, 0.4) is 0 Å². The van der Waals surface area contributed by atoms with Crippen LogP contribution >= 0.6 is 31.9 Å². The van der Waals surface area contributed by atoms with Crippen LogP contribution in [0.2, 0.25) is 0 Å². The normalized spacial score (nSPS) is 10.4. The molecule has 1 N–H and O–H groups in total. The van der Waals surface area contributed by atoms with Gasteiger partial charge in [-0.1, -0.05) is 0 Å². The van der Waals surface area contributed by atoms with E-state index < -0.39 is 11.9 Å². The van der Waals surface area contributed by atoms with E-state index in [-0.39, 0.29) is 18.0 Å². The van der Waals surface area contributed by atoms with Gasteiger partial charge < -0.3 is 14.6 Å². The van der Waals surface area contributed by atoms with Gasteiger partial charge in [-0.15, -0.1) is 0 Å². The molecular formula is C18H16Br2N2O6. The molecule has 0 radical (unpaired) electrons. The van der Waals surface area contributed by atoms with Gasteiger partial charge in [0.05, 0.1) is 20.3 Å². The van der Waals surface area contributed by atoms with Crippen molar-refractivity contribution in [3.8, 4) is 0 Å². The number of pyridine rings is 2. The molecule has 2 aromatic rings. The Hall–Kier alpha value is -2.59. The van der Waals surface area contributed by atoms with E-state index in [2.05, 4.69) is 51.3 Å². The van der Waals surface area contributed by atoms with Gasteiger partial charge in [0, 0.05) is 44.9 Å². The van der Waals surface area contributed by atoms with Gasteiger partial charge in [-0.2, -0.15) is 0 Å². The van der Waals surface area contributed by atoms with Crippen LogP contribution in [0.1, 0.15) is 22.3 Å². The number of aromatic nitrogens is 2. The minimum absolute atomic E-state index is 0.175. The van der Waals surface area contributed by atoms with Gasteiger partial charge >= 0.3 is 11.9 Å². The van der Waals surface area contributed by atoms with Crippen LogP contribution in [-0.4, -0.2) is 47.0 Å². The number of hydrogen-bond donors (Lipinski definition) is 1. The van der Waals surface area contributed by atoms with Crippen LogP contribution in [0.4, 0.5) is 0 Å². The van der Waals surface area contributed by atoms with Crippen molar-refractivity contribution in [3.63, 3.8) is 0 Å². The standard InChI is InChI=1S/2C9H8BrNO3/c2*1-14-9(13)3-8(12)6-2-7(10)5-11-4-6/h2,4-5H,3H2,1H3;2-5,12H,1H3/b;8-3-. The number of aliphatic hydroxyl groups excluding tert-OH is 1. The fourth-order valence-corrected chi connectivity index (χ4v) is 2.41. The third-order valence-electron chi connectivity index (χ3n) is 3.02. The number of aliphatic hydroxyl groups is 1. The zero-order chi connectivity index (χ0) is 21.1. The number of Topliss-reactive ketones (excluding diaryl/α,β-unsaturated/α-hetero) is 1. The molecular weight excluding hydrogens is 500 g/mol. The number of esters is 2. The topological polar surface area (TPSA) is 116 Å². The number of hydrogen-bond acceptors (Lipinski definition) is 8. The summed E-state index contributed by atoms with van der Waals surface area (Å²) >= 11 is 6.38. The molecule has 10 heteroatoms. The predicted octanol–water partition coefficient (Wildman–Crippen LogP) is 3.51. The fourth-order valence-electron chi connectivity index (χ4n) is 1.68. The van der Waals surface area contributed by atoms with E-state index in [1.807, 2.05) is 0 Å². The molecule has 0 aromatic carbocycles. The highest BCUT2D eigenvalue weighted by Gasteiger charge is 2.12. The van der Waals surface area contributed by atoms with Crippen LogP contribution in [0.15, 0.2) is 51.9 Å². The first-order valence-electron chi connectivity index (χ1n) is 7.57. The number of methoxy groups -OCH3 is 2. The van der Waals surface area contributed by atoms with Crippen LogP contribution in [0.5, 0.6) is 0 Å². The van der Waals surface area contributed by atoms with Gasteiger partial charge in [-0.05, 0) is 44.0 Å². The van der Waals surface area contributed by atoms with Crippen molar-refractivity contribution in [1.82, 2.24) is 9.97 Å². The van der Waals surface area contributed by atoms with E-state index >= 15 is 0 Å². The Morgan fingerprint density at radius 1 is 0.964 bits per heavy atom. The maximum Gasteiger partial charge on any atom is 0.334 e. The van der Waals surface area contributed by atoms with E-state index in [0.29, 0.717) is 15.6 Å². The molecule has 0 unspecified atom stereocenters. The molecule has 0 atom stereocenters. The first-order chi connectivity index (χ1) is 13.3. The van der Waals surface area contributed by atoms with Crippen LogP contribution in [0.25, 0.3) is 5.76 Å². The molecule has 0 amide bonds. The lowest BCUT2D eigenvalue weighted by molar-refractivity contribution is -0.139. The Balaban J connectivity index is 0.000000280. The minimum Gasteiger partial charge on any atom is -0.507 e. The number of ketones is 1. The molecule has 0 aliphatic rings. The summed E-state index contributed by atoms with van der Waals surface area (Å²) in [6.07, 6.45) is 6.73. The number of halogens is 2. The second-order valence-electron chi connectivity index (χ2n) is 5.01. The van der Waals surface area contributed by atoms with E-state index in [0.717, 1.165) is 10.5 Å². The summed E-state index contributed by atoms with van der Waals surface area (Å²) in [5.74, 6) is -1.63. The third kappa shape index (κ3) is 8.40. The lowest BCUT2D eigenvalue weighted by Gasteiger charge is -1.99. The van der Waals surface area contributed by atoms with Gasteiger partial charge in [0.2, 0.25) is 0 Å². The summed E-state index contributed by atoms with van der Waals surface area (Å²) in [5, 5.41) is 9.45. The van der Waals surface area contributed by atoms with Crippen molar-refractivity contribution in [2.24, 2.45) is 0 Å². The van der Waals surface area contributed by atoms with Gasteiger partial charge in [0.1, 0.15) is 12.2 Å². The minimum atomic E-state index is -0.609. The van der Waals surface area contributed by atoms with Crippen molar-refractivity contribution in [3.05, 3.63) is 63.1 Å². The smallest absolute Gasteiger partial charge is 0.334 e. The summed E-state index contributed by atoms with van der Waals surface area (Å²) in [7, 11) is 2.49. The zero-order valence-electron chi connectivity index (χ0n) is 14.9. The Morgan fingerprint density at radius 3 is 2.00 bits per heavy atom. The SMILES string of the molecule is COC(=O)/C=C(\O)c1cncc(Br)c1.COC(=O)CC(=O)c1cncc(Br)c1. The number of rotatable bonds is 5. The summed E-state index contributed by atoms with van der Waals surface area (Å²) < 4.78 is 10.2. The largest absolute Gasteiger partial charge is 0.507 e. The average Bonchev–Trinajstić information content (AvgIpc) is 2.68. The van der Waals surface area contributed by atoms with Gasteiger partial charge in [0.25, 0.3) is 0 Å². The van der Waals surface area contributed by atoms with E-state index in [4.69, 9.17) is 0 Å². The Bertz CT molecular complexity index is 886. The highest BCUT2D eigenvalue weighted by atomic mass is 79.9. The van der Waals surface area contributed by atoms with Crippen LogP contribution in [0, 0.1) is 0 Å². The third-order valence-corrected chi connectivity index (χ3v) is 3.88. The highest BCUT2D eigenvalue weighted by molar-refractivity contribution is 9.10. The van der Waals surface area contributed by atoms with Crippen LogP contribution in [-0.2, 0) is 19.1 Å². The molecule has 0 fully saturated rings. The number of carbonyl (C=O) groups is 3. The molecule has 0 aliphatic carbocycles. The number of nitrogens with zero attached hydrogens (tertiary/aromatic N) is 2. The Kier molecular flexibility index (Phi) is 10.0. The van der Waals surface area contributed by atoms with Gasteiger partial charge in [0.15, 0.2) is 5.78 Å². The van der Waals surface area contributed by atoms with Gasteiger partial charge in [-0.3, -0.25) is 19.6 Å². The predicted molar refractivity (Wildman–Crippen MR) is 107 cm³/mol. The average molecular weight is 516 g/mol. The van der Waals surface area contributed by atoms with Crippen molar-refractivity contribution in [1.29, 1.82) is 0 Å². The zero-order valence-corrected chi connectivity index (χ0v) is 18.1. The molecule has 0 saturated heterocycles. The fraction of sp³-hybridized carbons (Fsp3) is 0.167. The monoisotopic (exact) mass is 514 g/mol. The Morgan fingerprint density at radius 2 is 1.50 bits per heavy atom. The molecule has 2 aromatic heterocycles. The molecule has 8 nitrogen and oxygen atoms in total. The first-order valence-corrected chi connectivity index (χ1v) is 9.15. The molecule has 2 heterocycles. The number of ether oxygens (including phenoxy) is 2. The van der Waals surface area contributed by atoms with E-state index in [1.165, 1.54) is 26.6 Å². The molecule has 2 rings (SSSR count). The molecule has 148 valence electrons. The first kappa shape index (κ1) is 23.4. The Labute approximate surface area is 177 Å². The van der Waals surface area contributed by atoms with E-state index in [1.54, 1.807) is 24.5 Å². The molecule has 0 spiro atoms. The van der Waals surface area contributed by atoms with Gasteiger partial charge in [-0.25, -0.2) is 4.79 Å². The summed E-state index contributed by atoms with van der Waals surface area (Å²) in [6.45, 7) is 0. The van der Waals surface area contributed by atoms with Crippen LogP contribution < -0.4 is 0 Å². The maximum absolute atomic E-state index is 11.4. The second-order valence-corrected chi connectivity index (χ2v) is 6.84. The lowest BCUT2D eigenvalue weighted by atomic mass is 10.1. The maximum atomic E-state index is 11.4. The summed E-state index contributed by atoms with van der Waals surface area (Å²) in [4.78, 5) is 40.7. The summed E-state index contributed by atoms with van der Waals surface area (Å²) in [6, 6.07) is 3.25. The van der Waals surface area contributed by atoms with E-state index in [9.17, 15) is 19.5 Å². The molecule has 0 aliphatic heterocycles. The second kappa shape index (κ2) is 12.0. The molecule has 0 saturated carbocycles. The quantitative estimate of drug-likeness (QED) is 0.211. The highest BCUT2D eigenvalue weighted by Crippen LogP contribution is 2.15. The van der Waals surface area contributed by atoms with Crippen molar-refractivity contribution >= 4 is 55.3 Å². The lowest BCUT2D eigenvalue weighted by Crippen LogP contribution is -2.09.